The van der Waals surface area contributed by atoms with Gasteiger partial charge in [0.15, 0.2) is 0 Å². The molecule has 19 heavy (non-hydrogen) atoms. The Labute approximate surface area is 134 Å². The second kappa shape index (κ2) is 6.68. The van der Waals surface area contributed by atoms with E-state index in [2.05, 4.69) is 54.1 Å². The normalized spacial score (nSPS) is 10.5. The minimum absolute atomic E-state index is 0.648. The number of halogens is 3. The molecule has 1 aromatic heterocycles. The number of hydrogen-bond acceptors (Lipinski definition) is 3. The van der Waals surface area contributed by atoms with Gasteiger partial charge in [0.25, 0.3) is 0 Å². The van der Waals surface area contributed by atoms with Gasteiger partial charge in [-0.3, -0.25) is 0 Å². The third kappa shape index (κ3) is 4.16. The molecular formula is C13H12Br2ClN3. The molecule has 0 aliphatic heterocycles. The van der Waals surface area contributed by atoms with Gasteiger partial charge in [-0.1, -0.05) is 34.5 Å². The van der Waals surface area contributed by atoms with Crippen LogP contribution >= 0.6 is 43.5 Å². The number of anilines is 2. The number of aromatic nitrogens is 2. The van der Waals surface area contributed by atoms with Crippen LogP contribution in [0, 0.1) is 0 Å². The maximum Gasteiger partial charge on any atom is 0.135 e. The van der Waals surface area contributed by atoms with Gasteiger partial charge in [-0.2, -0.15) is 0 Å². The lowest BCUT2D eigenvalue weighted by molar-refractivity contribution is 0.831. The van der Waals surface area contributed by atoms with Crippen LogP contribution in [0.5, 0.6) is 0 Å². The quantitative estimate of drug-likeness (QED) is 0.697. The zero-order valence-corrected chi connectivity index (χ0v) is 14.2. The van der Waals surface area contributed by atoms with E-state index in [1.165, 1.54) is 0 Å². The molecule has 1 aromatic carbocycles. The van der Waals surface area contributed by atoms with E-state index < -0.39 is 0 Å². The number of benzene rings is 1. The smallest absolute Gasteiger partial charge is 0.135 e. The molecule has 0 aliphatic rings. The van der Waals surface area contributed by atoms with E-state index in [1.54, 1.807) is 0 Å². The summed E-state index contributed by atoms with van der Waals surface area (Å²) in [5.74, 6) is 1.54. The number of nitrogens with one attached hydrogen (secondary N) is 1. The lowest BCUT2D eigenvalue weighted by Gasteiger charge is -2.09. The molecule has 0 bridgehead atoms. The van der Waals surface area contributed by atoms with Gasteiger partial charge >= 0.3 is 0 Å². The van der Waals surface area contributed by atoms with Gasteiger partial charge in [-0.05, 0) is 40.5 Å². The molecule has 2 aromatic rings. The van der Waals surface area contributed by atoms with Gasteiger partial charge in [0.05, 0.1) is 10.7 Å². The lowest BCUT2D eigenvalue weighted by atomic mass is 10.3. The van der Waals surface area contributed by atoms with Crippen molar-refractivity contribution in [2.24, 2.45) is 0 Å². The fraction of sp³-hybridized carbons (Fsp3) is 0.231. The first kappa shape index (κ1) is 14.8. The number of hydrogen-bond donors (Lipinski definition) is 1. The molecule has 0 amide bonds. The summed E-state index contributed by atoms with van der Waals surface area (Å²) in [6, 6.07) is 7.47. The van der Waals surface area contributed by atoms with E-state index >= 15 is 0 Å². The summed E-state index contributed by atoms with van der Waals surface area (Å²) in [7, 11) is 0. The zero-order valence-electron chi connectivity index (χ0n) is 10.3. The van der Waals surface area contributed by atoms with Crippen LogP contribution in [0.1, 0.15) is 19.2 Å². The summed E-state index contributed by atoms with van der Waals surface area (Å²) < 4.78 is 1.72. The molecule has 0 fully saturated rings. The van der Waals surface area contributed by atoms with E-state index in [0.29, 0.717) is 5.02 Å². The number of rotatable bonds is 4. The highest BCUT2D eigenvalue weighted by Crippen LogP contribution is 2.28. The minimum atomic E-state index is 0.648. The van der Waals surface area contributed by atoms with Crippen molar-refractivity contribution in [2.75, 3.05) is 5.32 Å². The first-order chi connectivity index (χ1) is 9.08. The summed E-state index contributed by atoms with van der Waals surface area (Å²) in [5, 5.41) is 3.86. The largest absolute Gasteiger partial charge is 0.339 e. The minimum Gasteiger partial charge on any atom is -0.339 e. The molecule has 1 heterocycles. The molecule has 0 aliphatic carbocycles. The van der Waals surface area contributed by atoms with Crippen molar-refractivity contribution < 1.29 is 0 Å². The van der Waals surface area contributed by atoms with Gasteiger partial charge in [0, 0.05) is 17.0 Å². The Kier molecular flexibility index (Phi) is 5.19. The molecule has 2 rings (SSSR count). The van der Waals surface area contributed by atoms with Crippen molar-refractivity contribution in [3.63, 3.8) is 0 Å². The highest BCUT2D eigenvalue weighted by atomic mass is 79.9. The van der Waals surface area contributed by atoms with Gasteiger partial charge in [0.1, 0.15) is 16.2 Å². The fourth-order valence-corrected chi connectivity index (χ4v) is 2.54. The Morgan fingerprint density at radius 2 is 2.00 bits per heavy atom. The number of aryl methyl sites for hydroxylation is 1. The molecular weight excluding hydrogens is 393 g/mol. The van der Waals surface area contributed by atoms with Crippen LogP contribution in [-0.4, -0.2) is 9.97 Å². The van der Waals surface area contributed by atoms with Crippen molar-refractivity contribution in [3.05, 3.63) is 44.2 Å². The molecule has 0 unspecified atom stereocenters. The van der Waals surface area contributed by atoms with Crippen LogP contribution in [0.15, 0.2) is 33.3 Å². The van der Waals surface area contributed by atoms with Crippen molar-refractivity contribution in [3.8, 4) is 0 Å². The Balaban J connectivity index is 2.29. The predicted molar refractivity (Wildman–Crippen MR) is 86.2 cm³/mol. The summed E-state index contributed by atoms with van der Waals surface area (Å²) >= 11 is 13.0. The molecule has 1 N–H and O–H groups in total. The first-order valence-electron chi connectivity index (χ1n) is 5.84. The molecule has 6 heteroatoms. The van der Waals surface area contributed by atoms with Gasteiger partial charge in [-0.15, -0.1) is 0 Å². The van der Waals surface area contributed by atoms with Crippen LogP contribution in [0.3, 0.4) is 0 Å². The molecule has 3 nitrogen and oxygen atoms in total. The maximum absolute atomic E-state index is 6.15. The molecule has 0 radical (unpaired) electrons. The SMILES string of the molecule is CCCc1nc(Br)cc(Nc2cc(Br)ccc2Cl)n1. The van der Waals surface area contributed by atoms with E-state index in [9.17, 15) is 0 Å². The summed E-state index contributed by atoms with van der Waals surface area (Å²) in [6.45, 7) is 2.10. The molecule has 0 spiro atoms. The third-order valence-corrected chi connectivity index (χ3v) is 3.64. The van der Waals surface area contributed by atoms with E-state index in [4.69, 9.17) is 11.6 Å². The number of nitrogens with zero attached hydrogens (tertiary/aromatic N) is 2. The zero-order chi connectivity index (χ0) is 13.8. The van der Waals surface area contributed by atoms with Gasteiger partial charge in [0.2, 0.25) is 0 Å². The summed E-state index contributed by atoms with van der Waals surface area (Å²) in [5.41, 5.74) is 0.809. The van der Waals surface area contributed by atoms with E-state index in [0.717, 1.165) is 39.2 Å². The van der Waals surface area contributed by atoms with Gasteiger partial charge in [-0.25, -0.2) is 9.97 Å². The van der Waals surface area contributed by atoms with E-state index in [-0.39, 0.29) is 0 Å². The fourth-order valence-electron chi connectivity index (χ4n) is 1.60. The van der Waals surface area contributed by atoms with Crippen LogP contribution in [-0.2, 0) is 6.42 Å². The Hall–Kier alpha value is -0.650. The van der Waals surface area contributed by atoms with Crippen LogP contribution in [0.4, 0.5) is 11.5 Å². The monoisotopic (exact) mass is 403 g/mol. The average molecular weight is 406 g/mol. The maximum atomic E-state index is 6.15. The Morgan fingerprint density at radius 3 is 2.74 bits per heavy atom. The van der Waals surface area contributed by atoms with Crippen LogP contribution in [0.25, 0.3) is 0 Å². The molecule has 100 valence electrons. The predicted octanol–water partition coefficient (Wildman–Crippen LogP) is 5.35. The van der Waals surface area contributed by atoms with Crippen LogP contribution in [0.2, 0.25) is 5.02 Å². The highest BCUT2D eigenvalue weighted by Gasteiger charge is 2.06. The summed E-state index contributed by atoms with van der Waals surface area (Å²) in [4.78, 5) is 8.79. The lowest BCUT2D eigenvalue weighted by Crippen LogP contribution is -2.01. The van der Waals surface area contributed by atoms with Gasteiger partial charge < -0.3 is 5.32 Å². The molecule has 0 saturated carbocycles. The van der Waals surface area contributed by atoms with Crippen LogP contribution < -0.4 is 5.32 Å². The Bertz CT molecular complexity index is 590. The molecule has 0 atom stereocenters. The summed E-state index contributed by atoms with van der Waals surface area (Å²) in [6.07, 6.45) is 1.86. The second-order valence-electron chi connectivity index (χ2n) is 3.99. The average Bonchev–Trinajstić information content (AvgIpc) is 2.33. The van der Waals surface area contributed by atoms with E-state index in [1.807, 2.05) is 24.3 Å². The first-order valence-corrected chi connectivity index (χ1v) is 7.80. The topological polar surface area (TPSA) is 37.8 Å². The van der Waals surface area contributed by atoms with Crippen molar-refractivity contribution >= 4 is 55.0 Å². The second-order valence-corrected chi connectivity index (χ2v) is 6.13. The van der Waals surface area contributed by atoms with Crippen molar-refractivity contribution in [1.82, 2.24) is 9.97 Å². The standard InChI is InChI=1S/C13H12Br2ClN3/c1-2-3-12-18-11(15)7-13(19-12)17-10-6-8(14)4-5-9(10)16/h4-7H,2-3H2,1H3,(H,17,18,19). The third-order valence-electron chi connectivity index (χ3n) is 2.41. The molecule has 0 saturated heterocycles. The Morgan fingerprint density at radius 1 is 1.21 bits per heavy atom. The highest BCUT2D eigenvalue weighted by molar-refractivity contribution is 9.10. The van der Waals surface area contributed by atoms with Crippen molar-refractivity contribution in [1.29, 1.82) is 0 Å². The van der Waals surface area contributed by atoms with Crippen molar-refractivity contribution in [2.45, 2.75) is 19.8 Å².